The number of carbonyl (C=O) groups excluding carboxylic acids is 1. The van der Waals surface area contributed by atoms with Crippen molar-refractivity contribution in [3.05, 3.63) is 48.5 Å². The number of nitrogens with zero attached hydrogens (tertiary/aromatic N) is 1. The Hall–Kier alpha value is -2.79. The average Bonchev–Trinajstić information content (AvgIpc) is 2.80. The maximum atomic E-state index is 12.6. The Kier molecular flexibility index (Phi) is 8.55. The van der Waals surface area contributed by atoms with Gasteiger partial charge in [-0.15, -0.1) is 0 Å². The topological polar surface area (TPSA) is 84.9 Å². The lowest BCUT2D eigenvalue weighted by molar-refractivity contribution is -0.199. The van der Waals surface area contributed by atoms with Gasteiger partial charge in [0.1, 0.15) is 12.4 Å². The summed E-state index contributed by atoms with van der Waals surface area (Å²) in [5.41, 5.74) is 1.36. The van der Waals surface area contributed by atoms with Crippen LogP contribution in [0.15, 0.2) is 48.5 Å². The van der Waals surface area contributed by atoms with E-state index in [1.54, 1.807) is 30.3 Å². The number of benzene rings is 2. The van der Waals surface area contributed by atoms with Gasteiger partial charge in [-0.1, -0.05) is 42.6 Å². The molecule has 2 aromatic rings. The third-order valence-electron chi connectivity index (χ3n) is 6.09. The first-order valence-corrected chi connectivity index (χ1v) is 13.5. The lowest BCUT2D eigenvalue weighted by atomic mass is 9.75. The minimum Gasteiger partial charge on any atom is -0.492 e. The second kappa shape index (κ2) is 11.1. The Morgan fingerprint density at radius 2 is 1.72 bits per heavy atom. The van der Waals surface area contributed by atoms with Crippen molar-refractivity contribution in [2.45, 2.75) is 51.7 Å². The van der Waals surface area contributed by atoms with Gasteiger partial charge >= 0.3 is 12.1 Å². The van der Waals surface area contributed by atoms with Crippen LogP contribution >= 0.6 is 0 Å². The summed E-state index contributed by atoms with van der Waals surface area (Å²) in [6.07, 6.45) is 0.0280. The average molecular weight is 529 g/mol. The molecule has 3 rings (SSSR count). The SMILES string of the molecule is CC1(C)CCC(NCCOc2ccc(-c3cccc(N(OC(=O)C(F)(F)F)S(C)(=O)=O)c3)cc2)CC1. The number of nitrogens with one attached hydrogen (secondary N) is 1. The first-order valence-electron chi connectivity index (χ1n) is 11.6. The number of hydrogen-bond donors (Lipinski definition) is 1. The van der Waals surface area contributed by atoms with E-state index in [-0.39, 0.29) is 10.2 Å². The Balaban J connectivity index is 1.60. The van der Waals surface area contributed by atoms with Gasteiger partial charge < -0.3 is 14.9 Å². The molecule has 0 heterocycles. The van der Waals surface area contributed by atoms with E-state index >= 15 is 0 Å². The highest BCUT2D eigenvalue weighted by Gasteiger charge is 2.44. The van der Waals surface area contributed by atoms with E-state index in [1.807, 2.05) is 0 Å². The summed E-state index contributed by atoms with van der Waals surface area (Å²) in [5.74, 6) is -1.99. The highest BCUT2D eigenvalue weighted by molar-refractivity contribution is 7.91. The minimum absolute atomic E-state index is 0.0376. The number of halogens is 3. The predicted molar refractivity (Wildman–Crippen MR) is 131 cm³/mol. The van der Waals surface area contributed by atoms with Crippen LogP contribution in [-0.2, 0) is 19.7 Å². The van der Waals surface area contributed by atoms with E-state index in [4.69, 9.17) is 4.74 Å². The van der Waals surface area contributed by atoms with Crippen molar-refractivity contribution in [2.24, 2.45) is 5.41 Å². The molecular weight excluding hydrogens is 497 g/mol. The summed E-state index contributed by atoms with van der Waals surface area (Å²) in [5, 5.41) is 3.53. The molecule has 0 amide bonds. The zero-order valence-electron chi connectivity index (χ0n) is 20.5. The first-order chi connectivity index (χ1) is 16.7. The van der Waals surface area contributed by atoms with Gasteiger partial charge in [0.05, 0.1) is 11.9 Å². The number of ether oxygens (including phenoxy) is 1. The Bertz CT molecular complexity index is 1140. The number of hydrogen-bond acceptors (Lipinski definition) is 6. The summed E-state index contributed by atoms with van der Waals surface area (Å²) >= 11 is 0. The maximum absolute atomic E-state index is 12.6. The predicted octanol–water partition coefficient (Wildman–Crippen LogP) is 5.08. The number of rotatable bonds is 9. The Morgan fingerprint density at radius 3 is 2.31 bits per heavy atom. The Morgan fingerprint density at radius 1 is 1.08 bits per heavy atom. The molecule has 7 nitrogen and oxygen atoms in total. The monoisotopic (exact) mass is 528 g/mol. The second-order valence-corrected chi connectivity index (χ2v) is 11.5. The Labute approximate surface area is 209 Å². The van der Waals surface area contributed by atoms with Gasteiger partial charge in [0.25, 0.3) is 10.0 Å². The van der Waals surface area contributed by atoms with E-state index < -0.39 is 22.2 Å². The van der Waals surface area contributed by atoms with Crippen LogP contribution < -0.4 is 14.5 Å². The molecule has 1 N–H and O–H groups in total. The smallest absolute Gasteiger partial charge is 0.492 e. The summed E-state index contributed by atoms with van der Waals surface area (Å²) in [7, 11) is -4.34. The molecule has 0 spiro atoms. The highest BCUT2D eigenvalue weighted by atomic mass is 32.2. The molecule has 0 aromatic heterocycles. The van der Waals surface area contributed by atoms with Crippen LogP contribution in [0.4, 0.5) is 18.9 Å². The number of sulfonamides is 1. The fourth-order valence-corrected chi connectivity index (χ4v) is 4.72. The van der Waals surface area contributed by atoms with Crippen LogP contribution in [0.2, 0.25) is 0 Å². The van der Waals surface area contributed by atoms with E-state index in [0.29, 0.717) is 41.2 Å². The zero-order valence-corrected chi connectivity index (χ0v) is 21.3. The van der Waals surface area contributed by atoms with E-state index in [2.05, 4.69) is 24.0 Å². The van der Waals surface area contributed by atoms with Crippen molar-refractivity contribution in [3.8, 4) is 16.9 Å². The molecule has 0 saturated heterocycles. The fraction of sp³-hybridized carbons (Fsp3) is 0.480. The normalized spacial score (nSPS) is 16.4. The van der Waals surface area contributed by atoms with Gasteiger partial charge in [0.2, 0.25) is 0 Å². The van der Waals surface area contributed by atoms with Gasteiger partial charge in [-0.25, -0.2) is 13.2 Å². The van der Waals surface area contributed by atoms with Crippen LogP contribution in [0.25, 0.3) is 11.1 Å². The van der Waals surface area contributed by atoms with Gasteiger partial charge in [0.15, 0.2) is 0 Å². The van der Waals surface area contributed by atoms with Crippen molar-refractivity contribution in [1.29, 1.82) is 0 Å². The van der Waals surface area contributed by atoms with Crippen LogP contribution in [0.3, 0.4) is 0 Å². The van der Waals surface area contributed by atoms with Gasteiger partial charge in [-0.05, 0) is 66.5 Å². The van der Waals surface area contributed by atoms with Crippen molar-refractivity contribution in [1.82, 2.24) is 5.32 Å². The summed E-state index contributed by atoms with van der Waals surface area (Å²) in [4.78, 5) is 15.4. The van der Waals surface area contributed by atoms with Crippen molar-refractivity contribution in [3.63, 3.8) is 0 Å². The van der Waals surface area contributed by atoms with Gasteiger partial charge in [-0.2, -0.15) is 13.2 Å². The second-order valence-electron chi connectivity index (χ2n) is 9.68. The van der Waals surface area contributed by atoms with E-state index in [9.17, 15) is 26.4 Å². The molecule has 0 bridgehead atoms. The lowest BCUT2D eigenvalue weighted by Gasteiger charge is -2.34. The first kappa shape index (κ1) is 27.8. The van der Waals surface area contributed by atoms with Crippen molar-refractivity contribution >= 4 is 21.7 Å². The largest absolute Gasteiger partial charge is 0.493 e. The molecular formula is C25H31F3N2O5S. The molecule has 36 heavy (non-hydrogen) atoms. The summed E-state index contributed by atoms with van der Waals surface area (Å²) < 4.78 is 67.6. The molecule has 1 fully saturated rings. The number of carbonyl (C=O) groups is 1. The van der Waals surface area contributed by atoms with E-state index in [0.717, 1.165) is 19.4 Å². The molecule has 0 aliphatic heterocycles. The molecule has 11 heteroatoms. The molecule has 1 aliphatic rings. The third kappa shape index (κ3) is 7.86. The van der Waals surface area contributed by atoms with Gasteiger partial charge in [-0.3, -0.25) is 0 Å². The van der Waals surface area contributed by atoms with Crippen molar-refractivity contribution < 1.29 is 36.0 Å². The van der Waals surface area contributed by atoms with Crippen LogP contribution in [0.1, 0.15) is 39.5 Å². The van der Waals surface area contributed by atoms with Crippen LogP contribution in [0.5, 0.6) is 5.75 Å². The molecule has 2 aromatic carbocycles. The quantitative estimate of drug-likeness (QED) is 0.361. The summed E-state index contributed by atoms with van der Waals surface area (Å²) in [6.45, 7) is 5.84. The standard InChI is InChI=1S/C25H31F3N2O5S/c1-24(2)13-11-20(12-14-24)29-15-16-34-22-9-7-18(8-10-22)19-5-4-6-21(17-19)30(36(3,32)33)35-23(31)25(26,27)28/h4-10,17,20,29H,11-16H2,1-3H3. The lowest BCUT2D eigenvalue weighted by Crippen LogP contribution is -2.38. The number of alkyl halides is 3. The van der Waals surface area contributed by atoms with E-state index in [1.165, 1.54) is 31.0 Å². The van der Waals surface area contributed by atoms with Crippen LogP contribution in [-0.4, -0.2) is 46.0 Å². The molecule has 0 atom stereocenters. The molecule has 1 aliphatic carbocycles. The molecule has 0 radical (unpaired) electrons. The fourth-order valence-electron chi connectivity index (χ4n) is 4.02. The molecule has 1 saturated carbocycles. The third-order valence-corrected chi connectivity index (χ3v) is 6.97. The zero-order chi connectivity index (χ0) is 26.6. The van der Waals surface area contributed by atoms with Crippen LogP contribution in [0, 0.1) is 5.41 Å². The summed E-state index contributed by atoms with van der Waals surface area (Å²) in [6, 6.07) is 13.2. The van der Waals surface area contributed by atoms with Gasteiger partial charge in [0, 0.05) is 12.6 Å². The number of anilines is 1. The minimum atomic E-state index is -5.35. The molecule has 0 unspecified atom stereocenters. The highest BCUT2D eigenvalue weighted by Crippen LogP contribution is 2.35. The van der Waals surface area contributed by atoms with Crippen molar-refractivity contribution in [2.75, 3.05) is 23.9 Å². The molecule has 198 valence electrons. The maximum Gasteiger partial charge on any atom is 0.493 e.